The van der Waals surface area contributed by atoms with Crippen molar-refractivity contribution < 1.29 is 5.21 Å². The van der Waals surface area contributed by atoms with E-state index in [9.17, 15) is 0 Å². The molecule has 1 aliphatic rings. The summed E-state index contributed by atoms with van der Waals surface area (Å²) in [5.74, 6) is 0.878. The molecule has 4 nitrogen and oxygen atoms in total. The van der Waals surface area contributed by atoms with E-state index >= 15 is 0 Å². The number of hydrogen-bond acceptors (Lipinski definition) is 3. The number of para-hydroxylation sites is 1. The lowest BCUT2D eigenvalue weighted by Gasteiger charge is -2.33. The van der Waals surface area contributed by atoms with Gasteiger partial charge in [0.25, 0.3) is 0 Å². The molecule has 92 valence electrons. The summed E-state index contributed by atoms with van der Waals surface area (Å²) in [6, 6.07) is 7.82. The van der Waals surface area contributed by atoms with Gasteiger partial charge < -0.3 is 15.8 Å². The number of anilines is 1. The highest BCUT2D eigenvalue weighted by molar-refractivity contribution is 6.02. The first-order chi connectivity index (χ1) is 8.22. The summed E-state index contributed by atoms with van der Waals surface area (Å²) in [5.41, 5.74) is 7.58. The second-order valence-corrected chi connectivity index (χ2v) is 4.70. The molecule has 3 N–H and O–H groups in total. The van der Waals surface area contributed by atoms with Crippen LogP contribution in [0.3, 0.4) is 0 Å². The maximum absolute atomic E-state index is 8.81. The Morgan fingerprint density at radius 2 is 2.24 bits per heavy atom. The third-order valence-corrected chi connectivity index (χ3v) is 3.29. The Labute approximate surface area is 102 Å². The highest BCUT2D eigenvalue weighted by Crippen LogP contribution is 2.25. The molecule has 1 aromatic carbocycles. The molecule has 0 aromatic heterocycles. The van der Waals surface area contributed by atoms with Gasteiger partial charge >= 0.3 is 0 Å². The monoisotopic (exact) mass is 233 g/mol. The summed E-state index contributed by atoms with van der Waals surface area (Å²) < 4.78 is 0. The second kappa shape index (κ2) is 5.08. The van der Waals surface area contributed by atoms with Crippen molar-refractivity contribution in [1.82, 2.24) is 0 Å². The molecular formula is C13H19N3O. The van der Waals surface area contributed by atoms with Crippen LogP contribution in [-0.2, 0) is 0 Å². The molecule has 1 saturated heterocycles. The summed E-state index contributed by atoms with van der Waals surface area (Å²) in [5, 5.41) is 11.9. The van der Waals surface area contributed by atoms with Crippen LogP contribution in [0.5, 0.6) is 0 Å². The fraction of sp³-hybridized carbons (Fsp3) is 0.462. The highest BCUT2D eigenvalue weighted by atomic mass is 16.4. The van der Waals surface area contributed by atoms with E-state index < -0.39 is 0 Å². The minimum atomic E-state index is 0.179. The zero-order chi connectivity index (χ0) is 12.3. The van der Waals surface area contributed by atoms with Gasteiger partial charge in [0.15, 0.2) is 5.84 Å². The Bertz CT molecular complexity index is 417. The smallest absolute Gasteiger partial charge is 0.172 e. The Kier molecular flexibility index (Phi) is 3.52. The van der Waals surface area contributed by atoms with Gasteiger partial charge in [-0.15, -0.1) is 0 Å². The molecule has 0 bridgehead atoms. The quantitative estimate of drug-likeness (QED) is 0.355. The van der Waals surface area contributed by atoms with Crippen LogP contribution in [0.2, 0.25) is 0 Å². The third kappa shape index (κ3) is 2.52. The summed E-state index contributed by atoms with van der Waals surface area (Å²) >= 11 is 0. The van der Waals surface area contributed by atoms with Crippen LogP contribution >= 0.6 is 0 Å². The van der Waals surface area contributed by atoms with E-state index in [0.717, 1.165) is 24.3 Å². The molecule has 1 fully saturated rings. The summed E-state index contributed by atoms with van der Waals surface area (Å²) in [4.78, 5) is 2.32. The molecule has 1 atom stereocenters. The average molecular weight is 233 g/mol. The molecular weight excluding hydrogens is 214 g/mol. The van der Waals surface area contributed by atoms with Crippen LogP contribution in [-0.4, -0.2) is 24.1 Å². The van der Waals surface area contributed by atoms with E-state index in [1.807, 2.05) is 24.3 Å². The van der Waals surface area contributed by atoms with Gasteiger partial charge in [-0.2, -0.15) is 0 Å². The summed E-state index contributed by atoms with van der Waals surface area (Å²) in [7, 11) is 0. The number of nitrogens with two attached hydrogens (primary N) is 1. The van der Waals surface area contributed by atoms with Crippen LogP contribution in [0.25, 0.3) is 0 Å². The average Bonchev–Trinajstić information content (AvgIpc) is 2.38. The van der Waals surface area contributed by atoms with E-state index in [4.69, 9.17) is 10.9 Å². The molecule has 0 amide bonds. The fourth-order valence-electron chi connectivity index (χ4n) is 2.43. The number of rotatable bonds is 2. The maximum atomic E-state index is 8.81. The van der Waals surface area contributed by atoms with E-state index in [-0.39, 0.29) is 5.84 Å². The normalized spacial score (nSPS) is 21.6. The molecule has 0 saturated carbocycles. The van der Waals surface area contributed by atoms with Crippen molar-refractivity contribution >= 4 is 11.5 Å². The Morgan fingerprint density at radius 3 is 2.94 bits per heavy atom. The standard InChI is InChI=1S/C13H19N3O/c1-10-5-4-8-16(9-10)12-7-3-2-6-11(12)13(14)15-17/h2-3,6-7,10,17H,4-5,8-9H2,1H3,(H2,14,15)/t10-/m1/s1. The minimum absolute atomic E-state index is 0.179. The first-order valence-electron chi connectivity index (χ1n) is 6.04. The van der Waals surface area contributed by atoms with Gasteiger partial charge in [0.05, 0.1) is 0 Å². The molecule has 0 spiro atoms. The Balaban J connectivity index is 2.31. The molecule has 0 aliphatic carbocycles. The lowest BCUT2D eigenvalue weighted by atomic mass is 9.98. The topological polar surface area (TPSA) is 61.8 Å². The Morgan fingerprint density at radius 1 is 1.47 bits per heavy atom. The van der Waals surface area contributed by atoms with Crippen LogP contribution in [0.15, 0.2) is 29.4 Å². The van der Waals surface area contributed by atoms with Gasteiger partial charge in [0, 0.05) is 24.3 Å². The number of benzene rings is 1. The van der Waals surface area contributed by atoms with Gasteiger partial charge in [-0.1, -0.05) is 24.2 Å². The van der Waals surface area contributed by atoms with Crippen molar-refractivity contribution in [3.8, 4) is 0 Å². The molecule has 1 aromatic rings. The molecule has 2 rings (SSSR count). The number of nitrogens with zero attached hydrogens (tertiary/aromatic N) is 2. The predicted octanol–water partition coefficient (Wildman–Crippen LogP) is 2.02. The van der Waals surface area contributed by atoms with Crippen LogP contribution in [0.1, 0.15) is 25.3 Å². The Hall–Kier alpha value is -1.71. The fourth-order valence-corrected chi connectivity index (χ4v) is 2.43. The number of hydrogen-bond donors (Lipinski definition) is 2. The van der Waals surface area contributed by atoms with Gasteiger partial charge in [-0.05, 0) is 30.9 Å². The lowest BCUT2D eigenvalue weighted by Crippen LogP contribution is -2.35. The zero-order valence-electron chi connectivity index (χ0n) is 10.1. The summed E-state index contributed by atoms with van der Waals surface area (Å²) in [6.45, 7) is 4.34. The minimum Gasteiger partial charge on any atom is -0.409 e. The van der Waals surface area contributed by atoms with Crippen molar-refractivity contribution in [2.24, 2.45) is 16.8 Å². The van der Waals surface area contributed by atoms with Crippen molar-refractivity contribution in [3.05, 3.63) is 29.8 Å². The molecule has 1 heterocycles. The number of piperidine rings is 1. The molecule has 17 heavy (non-hydrogen) atoms. The predicted molar refractivity (Wildman–Crippen MR) is 69.6 cm³/mol. The van der Waals surface area contributed by atoms with E-state index in [0.29, 0.717) is 5.92 Å². The van der Waals surface area contributed by atoms with Crippen molar-refractivity contribution in [2.75, 3.05) is 18.0 Å². The van der Waals surface area contributed by atoms with Crippen molar-refractivity contribution in [2.45, 2.75) is 19.8 Å². The van der Waals surface area contributed by atoms with E-state index in [1.54, 1.807) is 0 Å². The first kappa shape index (κ1) is 11.8. The van der Waals surface area contributed by atoms with Gasteiger partial charge in [-0.25, -0.2) is 0 Å². The summed E-state index contributed by atoms with van der Waals surface area (Å²) in [6.07, 6.45) is 2.48. The SMILES string of the molecule is C[C@@H]1CCCN(c2ccccc2/C(N)=N\O)C1. The van der Waals surface area contributed by atoms with Crippen LogP contribution in [0, 0.1) is 5.92 Å². The number of oxime groups is 1. The number of amidine groups is 1. The third-order valence-electron chi connectivity index (χ3n) is 3.29. The molecule has 0 radical (unpaired) electrons. The maximum Gasteiger partial charge on any atom is 0.172 e. The largest absolute Gasteiger partial charge is 0.409 e. The van der Waals surface area contributed by atoms with E-state index in [2.05, 4.69) is 17.0 Å². The van der Waals surface area contributed by atoms with Gasteiger partial charge in [0.1, 0.15) is 0 Å². The molecule has 4 heteroatoms. The van der Waals surface area contributed by atoms with Gasteiger partial charge in [0.2, 0.25) is 0 Å². The van der Waals surface area contributed by atoms with E-state index in [1.165, 1.54) is 12.8 Å². The van der Waals surface area contributed by atoms with Crippen molar-refractivity contribution in [3.63, 3.8) is 0 Å². The van der Waals surface area contributed by atoms with Gasteiger partial charge in [-0.3, -0.25) is 0 Å². The van der Waals surface area contributed by atoms with Crippen molar-refractivity contribution in [1.29, 1.82) is 0 Å². The lowest BCUT2D eigenvalue weighted by molar-refractivity contribution is 0.318. The molecule has 0 unspecified atom stereocenters. The van der Waals surface area contributed by atoms with Crippen LogP contribution < -0.4 is 10.6 Å². The van der Waals surface area contributed by atoms with Crippen LogP contribution in [0.4, 0.5) is 5.69 Å². The molecule has 1 aliphatic heterocycles. The highest BCUT2D eigenvalue weighted by Gasteiger charge is 2.19. The first-order valence-corrected chi connectivity index (χ1v) is 6.04. The zero-order valence-corrected chi connectivity index (χ0v) is 10.1. The second-order valence-electron chi connectivity index (χ2n) is 4.70.